The van der Waals surface area contributed by atoms with Crippen LogP contribution in [0.1, 0.15) is 44.3 Å². The van der Waals surface area contributed by atoms with Crippen LogP contribution in [-0.2, 0) is 0 Å². The van der Waals surface area contributed by atoms with E-state index in [1.54, 1.807) is 11.3 Å². The van der Waals surface area contributed by atoms with Crippen molar-refractivity contribution in [1.29, 1.82) is 0 Å². The molecule has 2 nitrogen and oxygen atoms in total. The summed E-state index contributed by atoms with van der Waals surface area (Å²) in [4.78, 5) is 2.24. The zero-order chi connectivity index (χ0) is 12.5. The van der Waals surface area contributed by atoms with Gasteiger partial charge in [0.1, 0.15) is 0 Å². The lowest BCUT2D eigenvalue weighted by Gasteiger charge is -2.47. The fourth-order valence-corrected chi connectivity index (χ4v) is 3.65. The van der Waals surface area contributed by atoms with Gasteiger partial charge in [0.05, 0.1) is 11.6 Å². The van der Waals surface area contributed by atoms with E-state index in [9.17, 15) is 5.11 Å². The minimum atomic E-state index is -0.351. The second-order valence-corrected chi connectivity index (χ2v) is 6.42. The Bertz CT molecular complexity index is 339. The van der Waals surface area contributed by atoms with Crippen molar-refractivity contribution < 1.29 is 5.11 Å². The molecule has 0 aliphatic heterocycles. The molecule has 2 rings (SSSR count). The van der Waals surface area contributed by atoms with Crippen molar-refractivity contribution in [3.8, 4) is 0 Å². The van der Waals surface area contributed by atoms with Crippen molar-refractivity contribution in [2.45, 2.75) is 44.2 Å². The summed E-state index contributed by atoms with van der Waals surface area (Å²) >= 11 is 1.66. The van der Waals surface area contributed by atoms with Gasteiger partial charge in [0.2, 0.25) is 0 Å². The first-order valence-corrected chi connectivity index (χ1v) is 7.38. The number of hydrogen-bond donors (Lipinski definition) is 1. The summed E-state index contributed by atoms with van der Waals surface area (Å²) in [6.07, 6.45) is 4.28. The Morgan fingerprint density at radius 2 is 2.06 bits per heavy atom. The molecular formula is C14H23NOS. The summed E-state index contributed by atoms with van der Waals surface area (Å²) in [5.74, 6) is 0.803. The van der Waals surface area contributed by atoms with E-state index in [-0.39, 0.29) is 11.6 Å². The van der Waals surface area contributed by atoms with Gasteiger partial charge >= 0.3 is 0 Å². The van der Waals surface area contributed by atoms with E-state index < -0.39 is 0 Å². The standard InChI is InChI=1S/C14H23NOS/c1-11-4-7-14(8-5-11,15(2)3)13(16)12-6-9-17-10-12/h6,9-11,13,16H,4-5,7-8H2,1-3H3. The molecule has 0 radical (unpaired) electrons. The van der Waals surface area contributed by atoms with Crippen molar-refractivity contribution >= 4 is 11.3 Å². The molecule has 1 aromatic rings. The van der Waals surface area contributed by atoms with Gasteiger partial charge in [-0.2, -0.15) is 11.3 Å². The molecule has 0 bridgehead atoms. The highest BCUT2D eigenvalue weighted by Gasteiger charge is 2.43. The van der Waals surface area contributed by atoms with E-state index >= 15 is 0 Å². The average Bonchev–Trinajstić information content (AvgIpc) is 2.82. The molecule has 96 valence electrons. The Hall–Kier alpha value is -0.380. The van der Waals surface area contributed by atoms with E-state index in [2.05, 4.69) is 37.4 Å². The van der Waals surface area contributed by atoms with Gasteiger partial charge in [-0.25, -0.2) is 0 Å². The maximum atomic E-state index is 10.7. The number of nitrogens with zero attached hydrogens (tertiary/aromatic N) is 1. The zero-order valence-electron chi connectivity index (χ0n) is 11.0. The Morgan fingerprint density at radius 3 is 2.53 bits per heavy atom. The zero-order valence-corrected chi connectivity index (χ0v) is 11.8. The van der Waals surface area contributed by atoms with Crippen LogP contribution in [0.25, 0.3) is 0 Å². The number of thiophene rings is 1. The summed E-state index contributed by atoms with van der Waals surface area (Å²) in [6.45, 7) is 2.32. The molecule has 1 heterocycles. The molecule has 1 N–H and O–H groups in total. The molecule has 1 aliphatic rings. The molecule has 1 atom stereocenters. The van der Waals surface area contributed by atoms with Crippen molar-refractivity contribution in [2.24, 2.45) is 5.92 Å². The van der Waals surface area contributed by atoms with E-state index in [1.165, 1.54) is 12.8 Å². The average molecular weight is 253 g/mol. The van der Waals surface area contributed by atoms with Crippen LogP contribution >= 0.6 is 11.3 Å². The van der Waals surface area contributed by atoms with Crippen LogP contribution in [0, 0.1) is 5.92 Å². The van der Waals surface area contributed by atoms with Crippen molar-refractivity contribution in [3.05, 3.63) is 22.4 Å². The number of aliphatic hydroxyl groups excluding tert-OH is 1. The third-order valence-corrected chi connectivity index (χ3v) is 5.10. The van der Waals surface area contributed by atoms with E-state index in [4.69, 9.17) is 0 Å². The largest absolute Gasteiger partial charge is 0.386 e. The molecule has 0 amide bonds. The molecule has 0 spiro atoms. The van der Waals surface area contributed by atoms with E-state index in [0.29, 0.717) is 0 Å². The number of hydrogen-bond acceptors (Lipinski definition) is 3. The Morgan fingerprint density at radius 1 is 1.41 bits per heavy atom. The second-order valence-electron chi connectivity index (χ2n) is 5.64. The normalized spacial score (nSPS) is 31.7. The first kappa shape index (κ1) is 13.1. The van der Waals surface area contributed by atoms with Crippen LogP contribution in [0.3, 0.4) is 0 Å². The van der Waals surface area contributed by atoms with Gasteiger partial charge in [-0.05, 0) is 68.1 Å². The second kappa shape index (κ2) is 5.09. The third kappa shape index (κ3) is 2.42. The molecule has 1 saturated carbocycles. The van der Waals surface area contributed by atoms with Crippen LogP contribution in [0.15, 0.2) is 16.8 Å². The van der Waals surface area contributed by atoms with Crippen LogP contribution in [0.2, 0.25) is 0 Å². The first-order valence-electron chi connectivity index (χ1n) is 6.44. The molecule has 1 aromatic heterocycles. The number of likely N-dealkylation sites (N-methyl/N-ethyl adjacent to an activating group) is 1. The minimum Gasteiger partial charge on any atom is -0.386 e. The number of aliphatic hydroxyl groups is 1. The predicted octanol–water partition coefficient (Wildman–Crippen LogP) is 3.29. The van der Waals surface area contributed by atoms with Crippen LogP contribution < -0.4 is 0 Å². The third-order valence-electron chi connectivity index (χ3n) is 4.40. The first-order chi connectivity index (χ1) is 8.06. The predicted molar refractivity (Wildman–Crippen MR) is 73.3 cm³/mol. The van der Waals surface area contributed by atoms with E-state index in [1.807, 2.05) is 5.38 Å². The van der Waals surface area contributed by atoms with Crippen LogP contribution in [0.5, 0.6) is 0 Å². The van der Waals surface area contributed by atoms with Gasteiger partial charge in [0.25, 0.3) is 0 Å². The lowest BCUT2D eigenvalue weighted by molar-refractivity contribution is -0.0406. The molecular weight excluding hydrogens is 230 g/mol. The fraction of sp³-hybridized carbons (Fsp3) is 0.714. The topological polar surface area (TPSA) is 23.5 Å². The van der Waals surface area contributed by atoms with Gasteiger partial charge < -0.3 is 10.0 Å². The van der Waals surface area contributed by atoms with Crippen LogP contribution in [-0.4, -0.2) is 29.6 Å². The van der Waals surface area contributed by atoms with Gasteiger partial charge in [0.15, 0.2) is 0 Å². The maximum Gasteiger partial charge on any atom is 0.0981 e. The highest BCUT2D eigenvalue weighted by atomic mass is 32.1. The fourth-order valence-electron chi connectivity index (χ4n) is 2.97. The highest BCUT2D eigenvalue weighted by molar-refractivity contribution is 7.07. The van der Waals surface area contributed by atoms with Crippen molar-refractivity contribution in [3.63, 3.8) is 0 Å². The van der Waals surface area contributed by atoms with Gasteiger partial charge in [0, 0.05) is 0 Å². The van der Waals surface area contributed by atoms with Gasteiger partial charge in [-0.1, -0.05) is 6.92 Å². The quantitative estimate of drug-likeness (QED) is 0.893. The lowest BCUT2D eigenvalue weighted by Crippen LogP contribution is -2.51. The molecule has 1 fully saturated rings. The van der Waals surface area contributed by atoms with Crippen molar-refractivity contribution in [2.75, 3.05) is 14.1 Å². The van der Waals surface area contributed by atoms with Gasteiger partial charge in [-0.3, -0.25) is 0 Å². The summed E-state index contributed by atoms with van der Waals surface area (Å²) < 4.78 is 0. The maximum absolute atomic E-state index is 10.7. The SMILES string of the molecule is CC1CCC(C(O)c2ccsc2)(N(C)C)CC1. The molecule has 1 unspecified atom stereocenters. The molecule has 3 heteroatoms. The van der Waals surface area contributed by atoms with Gasteiger partial charge in [-0.15, -0.1) is 0 Å². The van der Waals surface area contributed by atoms with Crippen LogP contribution in [0.4, 0.5) is 0 Å². The molecule has 17 heavy (non-hydrogen) atoms. The molecule has 0 aromatic carbocycles. The highest BCUT2D eigenvalue weighted by Crippen LogP contribution is 2.43. The lowest BCUT2D eigenvalue weighted by atomic mass is 9.72. The smallest absolute Gasteiger partial charge is 0.0981 e. The Balaban J connectivity index is 2.22. The Labute approximate surface area is 108 Å². The summed E-state index contributed by atoms with van der Waals surface area (Å²) in [5, 5.41) is 14.8. The Kier molecular flexibility index (Phi) is 3.91. The van der Waals surface area contributed by atoms with E-state index in [0.717, 1.165) is 24.3 Å². The minimum absolute atomic E-state index is 0.0619. The molecule has 0 saturated heterocycles. The van der Waals surface area contributed by atoms with Crippen molar-refractivity contribution in [1.82, 2.24) is 4.90 Å². The number of rotatable bonds is 3. The molecule has 1 aliphatic carbocycles. The monoisotopic (exact) mass is 253 g/mol. The summed E-state index contributed by atoms with van der Waals surface area (Å²) in [6, 6.07) is 2.05. The summed E-state index contributed by atoms with van der Waals surface area (Å²) in [5.41, 5.74) is 1.02. The summed E-state index contributed by atoms with van der Waals surface area (Å²) in [7, 11) is 4.21.